The topological polar surface area (TPSA) is 21.3 Å². The lowest BCUT2D eigenvalue weighted by Gasteiger charge is -1.92. The zero-order valence-electron chi connectivity index (χ0n) is 5.35. The molecule has 2 heteroatoms. The molecule has 46 valence electrons. The lowest BCUT2D eigenvalue weighted by atomic mass is 10.2. The zero-order valence-corrected chi connectivity index (χ0v) is 5.35. The Kier molecular flexibility index (Phi) is 1.76. The molecule has 0 aromatic heterocycles. The fourth-order valence-corrected chi connectivity index (χ4v) is 0.873. The molecule has 0 spiro atoms. The van der Waals surface area contributed by atoms with Crippen LogP contribution in [0.4, 0.5) is 0 Å². The minimum atomic E-state index is 0.340. The highest BCUT2D eigenvalue weighted by Crippen LogP contribution is 2.09. The molecule has 0 bridgehead atoms. The first kappa shape index (κ1) is 5.92. The summed E-state index contributed by atoms with van der Waals surface area (Å²) >= 11 is 0. The third-order valence-corrected chi connectivity index (χ3v) is 1.41. The van der Waals surface area contributed by atoms with Crippen molar-refractivity contribution in [3.63, 3.8) is 0 Å². The molecule has 8 heavy (non-hydrogen) atoms. The first-order chi connectivity index (χ1) is 3.83. The van der Waals surface area contributed by atoms with Gasteiger partial charge in [-0.1, -0.05) is 0 Å². The van der Waals surface area contributed by atoms with Gasteiger partial charge in [-0.15, -0.1) is 0 Å². The highest BCUT2D eigenvalue weighted by Gasteiger charge is 2.29. The van der Waals surface area contributed by atoms with Crippen molar-refractivity contribution in [3.8, 4) is 0 Å². The number of ether oxygens (including phenoxy) is 1. The monoisotopic (exact) mass is 114 g/mol. The van der Waals surface area contributed by atoms with E-state index in [0.29, 0.717) is 12.1 Å². The van der Waals surface area contributed by atoms with E-state index in [2.05, 4.69) is 18.7 Å². The molecule has 2 unspecified atom stereocenters. The van der Waals surface area contributed by atoms with E-state index < -0.39 is 0 Å². The summed E-state index contributed by atoms with van der Waals surface area (Å²) in [6, 6.07) is 0.477. The highest BCUT2D eigenvalue weighted by atomic mass is 16.5. The van der Waals surface area contributed by atoms with Crippen LogP contribution in [-0.2, 0) is 4.74 Å². The fourth-order valence-electron chi connectivity index (χ4n) is 0.873. The van der Waals surface area contributed by atoms with Crippen LogP contribution in [0, 0.1) is 6.42 Å². The summed E-state index contributed by atoms with van der Waals surface area (Å²) < 4.78 is 5.24. The third-order valence-electron chi connectivity index (χ3n) is 1.41. The Morgan fingerprint density at radius 3 is 2.75 bits per heavy atom. The third kappa shape index (κ3) is 1.14. The van der Waals surface area contributed by atoms with Crippen molar-refractivity contribution in [1.29, 1.82) is 0 Å². The standard InChI is InChI=1S/C6H12NO/c1-5-3-6(7-2)4-8-5/h3,5-7H,4H2,1-2H3/q+1. The molecule has 1 saturated heterocycles. The van der Waals surface area contributed by atoms with Crippen molar-refractivity contribution in [1.82, 2.24) is 5.32 Å². The van der Waals surface area contributed by atoms with E-state index in [1.165, 1.54) is 0 Å². The average Bonchev–Trinajstić information content (AvgIpc) is 2.14. The van der Waals surface area contributed by atoms with Crippen LogP contribution in [-0.4, -0.2) is 25.8 Å². The van der Waals surface area contributed by atoms with Gasteiger partial charge in [-0.2, -0.15) is 0 Å². The summed E-state index contributed by atoms with van der Waals surface area (Å²) in [5.74, 6) is 0. The highest BCUT2D eigenvalue weighted by molar-refractivity contribution is 4.92. The second kappa shape index (κ2) is 2.37. The van der Waals surface area contributed by atoms with Crippen LogP contribution in [0.2, 0.25) is 0 Å². The van der Waals surface area contributed by atoms with Crippen LogP contribution in [0.15, 0.2) is 0 Å². The van der Waals surface area contributed by atoms with Gasteiger partial charge in [0.15, 0.2) is 12.1 Å². The summed E-state index contributed by atoms with van der Waals surface area (Å²) in [5.41, 5.74) is 0. The van der Waals surface area contributed by atoms with Crippen molar-refractivity contribution >= 4 is 0 Å². The molecule has 0 saturated carbocycles. The Labute approximate surface area is 50.2 Å². The average molecular weight is 114 g/mol. The fraction of sp³-hybridized carbons (Fsp3) is 0.833. The van der Waals surface area contributed by atoms with E-state index in [4.69, 9.17) is 4.74 Å². The molecular formula is C6H12NO+. The van der Waals surface area contributed by atoms with Crippen LogP contribution < -0.4 is 5.32 Å². The second-order valence-corrected chi connectivity index (χ2v) is 2.13. The van der Waals surface area contributed by atoms with Gasteiger partial charge in [0.05, 0.1) is 0 Å². The van der Waals surface area contributed by atoms with Gasteiger partial charge in [0.1, 0.15) is 13.0 Å². The lowest BCUT2D eigenvalue weighted by Crippen LogP contribution is -2.25. The van der Waals surface area contributed by atoms with Crippen molar-refractivity contribution in [2.45, 2.75) is 19.1 Å². The smallest absolute Gasteiger partial charge is 0.196 e. The van der Waals surface area contributed by atoms with E-state index in [-0.39, 0.29) is 0 Å². The van der Waals surface area contributed by atoms with Crippen molar-refractivity contribution in [3.05, 3.63) is 6.42 Å². The Bertz CT molecular complexity index is 74.9. The molecule has 0 radical (unpaired) electrons. The van der Waals surface area contributed by atoms with Crippen molar-refractivity contribution < 1.29 is 4.74 Å². The SMILES string of the molecule is CNC1[CH+]C(C)OC1. The van der Waals surface area contributed by atoms with Gasteiger partial charge < -0.3 is 4.74 Å². The molecular weight excluding hydrogens is 102 g/mol. The Hall–Kier alpha value is -0.210. The molecule has 2 atom stereocenters. The van der Waals surface area contributed by atoms with E-state index in [1.807, 2.05) is 7.05 Å². The Balaban J connectivity index is 2.22. The first-order valence-electron chi connectivity index (χ1n) is 2.97. The van der Waals surface area contributed by atoms with Crippen LogP contribution in [0.3, 0.4) is 0 Å². The summed E-state index contributed by atoms with van der Waals surface area (Å²) in [4.78, 5) is 0. The molecule has 1 aliphatic rings. The van der Waals surface area contributed by atoms with Gasteiger partial charge in [0, 0.05) is 6.92 Å². The second-order valence-electron chi connectivity index (χ2n) is 2.13. The number of rotatable bonds is 1. The molecule has 1 aliphatic heterocycles. The normalized spacial score (nSPS) is 37.2. The Morgan fingerprint density at radius 1 is 1.75 bits per heavy atom. The summed E-state index contributed by atoms with van der Waals surface area (Å²) in [5, 5.41) is 3.11. The minimum Gasteiger partial charge on any atom is -0.331 e. The zero-order chi connectivity index (χ0) is 5.98. The maximum atomic E-state index is 5.24. The molecule has 1 N–H and O–H groups in total. The van der Waals surface area contributed by atoms with E-state index in [1.54, 1.807) is 0 Å². The molecule has 0 aliphatic carbocycles. The maximum absolute atomic E-state index is 5.24. The number of hydrogen-bond acceptors (Lipinski definition) is 2. The first-order valence-corrected chi connectivity index (χ1v) is 2.97. The van der Waals surface area contributed by atoms with E-state index >= 15 is 0 Å². The molecule has 1 heterocycles. The minimum absolute atomic E-state index is 0.340. The molecule has 1 rings (SSSR count). The van der Waals surface area contributed by atoms with Gasteiger partial charge in [-0.05, 0) is 7.05 Å². The van der Waals surface area contributed by atoms with E-state index in [9.17, 15) is 0 Å². The maximum Gasteiger partial charge on any atom is 0.196 e. The molecule has 2 nitrogen and oxygen atoms in total. The Morgan fingerprint density at radius 2 is 2.50 bits per heavy atom. The van der Waals surface area contributed by atoms with Gasteiger partial charge in [-0.25, -0.2) is 0 Å². The molecule has 1 fully saturated rings. The van der Waals surface area contributed by atoms with Crippen LogP contribution >= 0.6 is 0 Å². The number of hydrogen-bond donors (Lipinski definition) is 1. The van der Waals surface area contributed by atoms with Gasteiger partial charge >= 0.3 is 0 Å². The van der Waals surface area contributed by atoms with Crippen LogP contribution in [0.25, 0.3) is 0 Å². The largest absolute Gasteiger partial charge is 0.331 e. The molecule has 0 aromatic rings. The van der Waals surface area contributed by atoms with Gasteiger partial charge in [0.2, 0.25) is 0 Å². The van der Waals surface area contributed by atoms with E-state index in [0.717, 1.165) is 6.61 Å². The quantitative estimate of drug-likeness (QED) is 0.492. The summed E-state index contributed by atoms with van der Waals surface area (Å²) in [6.07, 6.45) is 2.51. The van der Waals surface area contributed by atoms with Gasteiger partial charge in [0.25, 0.3) is 0 Å². The lowest BCUT2D eigenvalue weighted by molar-refractivity contribution is 0.131. The van der Waals surface area contributed by atoms with Crippen LogP contribution in [0.5, 0.6) is 0 Å². The molecule has 0 amide bonds. The number of nitrogens with one attached hydrogen (secondary N) is 1. The molecule has 0 aromatic carbocycles. The predicted molar refractivity (Wildman–Crippen MR) is 32.6 cm³/mol. The van der Waals surface area contributed by atoms with Crippen molar-refractivity contribution in [2.24, 2.45) is 0 Å². The van der Waals surface area contributed by atoms with Crippen molar-refractivity contribution in [2.75, 3.05) is 13.7 Å². The predicted octanol–water partition coefficient (Wildman–Crippen LogP) is 0.197. The van der Waals surface area contributed by atoms with Crippen LogP contribution in [0.1, 0.15) is 6.92 Å². The van der Waals surface area contributed by atoms with Gasteiger partial charge in [-0.3, -0.25) is 5.32 Å². The summed E-state index contributed by atoms with van der Waals surface area (Å²) in [7, 11) is 1.95. The number of likely N-dealkylation sites (N-methyl/N-ethyl adjacent to an activating group) is 1. The summed E-state index contributed by atoms with van der Waals surface area (Å²) in [6.45, 7) is 2.88.